The van der Waals surface area contributed by atoms with Crippen LogP contribution in [0.3, 0.4) is 0 Å². The van der Waals surface area contributed by atoms with Crippen LogP contribution in [0, 0.1) is 0 Å². The lowest BCUT2D eigenvalue weighted by Crippen LogP contribution is -2.26. The first-order valence-electron chi connectivity index (χ1n) is 4.98. The van der Waals surface area contributed by atoms with Crippen molar-refractivity contribution in [1.82, 2.24) is 4.98 Å². The summed E-state index contributed by atoms with van der Waals surface area (Å²) in [5.41, 5.74) is 6.05. The van der Waals surface area contributed by atoms with Gasteiger partial charge in [-0.05, 0) is 28.1 Å². The zero-order valence-electron chi connectivity index (χ0n) is 8.60. The van der Waals surface area contributed by atoms with Gasteiger partial charge in [-0.1, -0.05) is 0 Å². The summed E-state index contributed by atoms with van der Waals surface area (Å²) in [7, 11) is 0. The summed E-state index contributed by atoms with van der Waals surface area (Å²) < 4.78 is 5.76. The molecule has 1 amide bonds. The van der Waals surface area contributed by atoms with Crippen LogP contribution in [0.15, 0.2) is 22.9 Å². The minimum atomic E-state index is -0.706. The number of anilines is 1. The molecule has 86 valence electrons. The number of aromatic nitrogens is 1. The fourth-order valence-electron chi connectivity index (χ4n) is 1.81. The SMILES string of the molecule is NC(=O)O[C@@H]1CCN(c2ccnc(Br)c2)C1. The number of hydrogen-bond acceptors (Lipinski definition) is 4. The van der Waals surface area contributed by atoms with Crippen molar-refractivity contribution in [3.05, 3.63) is 22.9 Å². The molecule has 0 unspecified atom stereocenters. The number of halogens is 1. The van der Waals surface area contributed by atoms with Gasteiger partial charge in [0.15, 0.2) is 0 Å². The molecule has 1 fully saturated rings. The number of rotatable bonds is 2. The van der Waals surface area contributed by atoms with Crippen LogP contribution < -0.4 is 10.6 Å². The third-order valence-electron chi connectivity index (χ3n) is 2.50. The summed E-state index contributed by atoms with van der Waals surface area (Å²) in [6.07, 6.45) is 1.73. The van der Waals surface area contributed by atoms with E-state index in [0.717, 1.165) is 23.3 Å². The van der Waals surface area contributed by atoms with E-state index in [4.69, 9.17) is 10.5 Å². The average Bonchev–Trinajstić information content (AvgIpc) is 2.65. The summed E-state index contributed by atoms with van der Waals surface area (Å²) in [5, 5.41) is 0. The van der Waals surface area contributed by atoms with Crippen molar-refractivity contribution in [3.63, 3.8) is 0 Å². The van der Waals surface area contributed by atoms with E-state index in [1.807, 2.05) is 12.1 Å². The molecule has 1 aliphatic heterocycles. The Morgan fingerprint density at radius 2 is 2.50 bits per heavy atom. The van der Waals surface area contributed by atoms with Crippen molar-refractivity contribution in [1.29, 1.82) is 0 Å². The van der Waals surface area contributed by atoms with Gasteiger partial charge in [-0.2, -0.15) is 0 Å². The van der Waals surface area contributed by atoms with Crippen molar-refractivity contribution >= 4 is 27.7 Å². The van der Waals surface area contributed by atoms with Crippen LogP contribution in [-0.4, -0.2) is 30.3 Å². The lowest BCUT2D eigenvalue weighted by Gasteiger charge is -2.18. The molecule has 2 N–H and O–H groups in total. The number of primary amides is 1. The van der Waals surface area contributed by atoms with Crippen LogP contribution in [0.4, 0.5) is 10.5 Å². The smallest absolute Gasteiger partial charge is 0.404 e. The molecular weight excluding hydrogens is 274 g/mol. The number of carbonyl (C=O) groups is 1. The Labute approximate surface area is 102 Å². The van der Waals surface area contributed by atoms with Crippen molar-refractivity contribution in [3.8, 4) is 0 Å². The molecule has 1 aromatic rings. The first-order valence-corrected chi connectivity index (χ1v) is 5.77. The van der Waals surface area contributed by atoms with Gasteiger partial charge in [-0.3, -0.25) is 0 Å². The first kappa shape index (κ1) is 11.2. The predicted molar refractivity (Wildman–Crippen MR) is 63.2 cm³/mol. The van der Waals surface area contributed by atoms with E-state index in [1.165, 1.54) is 0 Å². The van der Waals surface area contributed by atoms with E-state index in [9.17, 15) is 4.79 Å². The van der Waals surface area contributed by atoms with E-state index in [-0.39, 0.29) is 6.10 Å². The maximum Gasteiger partial charge on any atom is 0.404 e. The standard InChI is InChI=1S/C10H12BrN3O2/c11-9-5-7(1-3-13-9)14-4-2-8(6-14)16-10(12)15/h1,3,5,8H,2,4,6H2,(H2,12,15)/t8-/m1/s1. The normalized spacial score (nSPS) is 19.8. The topological polar surface area (TPSA) is 68.5 Å². The molecule has 5 nitrogen and oxygen atoms in total. The van der Waals surface area contributed by atoms with Gasteiger partial charge in [-0.15, -0.1) is 0 Å². The number of ether oxygens (including phenoxy) is 1. The predicted octanol–water partition coefficient (Wildman–Crippen LogP) is 1.52. The molecule has 1 aromatic heterocycles. The van der Waals surface area contributed by atoms with E-state index in [0.29, 0.717) is 6.54 Å². The molecule has 1 atom stereocenters. The quantitative estimate of drug-likeness (QED) is 0.837. The molecule has 6 heteroatoms. The van der Waals surface area contributed by atoms with Gasteiger partial charge in [-0.25, -0.2) is 9.78 Å². The Kier molecular flexibility index (Phi) is 3.28. The number of carbonyl (C=O) groups excluding carboxylic acids is 1. The highest BCUT2D eigenvalue weighted by molar-refractivity contribution is 9.10. The molecule has 0 bridgehead atoms. The second kappa shape index (κ2) is 4.69. The monoisotopic (exact) mass is 285 g/mol. The van der Waals surface area contributed by atoms with Gasteiger partial charge in [0.25, 0.3) is 0 Å². The van der Waals surface area contributed by atoms with E-state index >= 15 is 0 Å². The fraction of sp³-hybridized carbons (Fsp3) is 0.400. The van der Waals surface area contributed by atoms with Crippen molar-refractivity contribution in [2.75, 3.05) is 18.0 Å². The van der Waals surface area contributed by atoms with Crippen LogP contribution in [0.5, 0.6) is 0 Å². The lowest BCUT2D eigenvalue weighted by molar-refractivity contribution is 0.117. The summed E-state index contributed by atoms with van der Waals surface area (Å²) in [4.78, 5) is 16.8. The summed E-state index contributed by atoms with van der Waals surface area (Å²) in [5.74, 6) is 0. The Bertz CT molecular complexity index is 399. The molecule has 0 aliphatic carbocycles. The second-order valence-electron chi connectivity index (χ2n) is 3.63. The Hall–Kier alpha value is -1.30. The van der Waals surface area contributed by atoms with Gasteiger partial charge in [0.2, 0.25) is 0 Å². The van der Waals surface area contributed by atoms with Crippen LogP contribution in [0.25, 0.3) is 0 Å². The molecule has 16 heavy (non-hydrogen) atoms. The van der Waals surface area contributed by atoms with Crippen LogP contribution >= 0.6 is 15.9 Å². The van der Waals surface area contributed by atoms with Gasteiger partial charge >= 0.3 is 6.09 Å². The number of nitrogens with two attached hydrogens (primary N) is 1. The highest BCUT2D eigenvalue weighted by Crippen LogP contribution is 2.23. The van der Waals surface area contributed by atoms with Crippen LogP contribution in [0.2, 0.25) is 0 Å². The number of pyridine rings is 1. The largest absolute Gasteiger partial charge is 0.444 e. The Morgan fingerprint density at radius 3 is 3.19 bits per heavy atom. The van der Waals surface area contributed by atoms with Gasteiger partial charge in [0, 0.05) is 24.8 Å². The van der Waals surface area contributed by atoms with Crippen molar-refractivity contribution in [2.24, 2.45) is 5.73 Å². The van der Waals surface area contributed by atoms with Gasteiger partial charge < -0.3 is 15.4 Å². The minimum Gasteiger partial charge on any atom is -0.444 e. The molecule has 2 rings (SSSR count). The maximum atomic E-state index is 10.6. The van der Waals surface area contributed by atoms with Crippen molar-refractivity contribution in [2.45, 2.75) is 12.5 Å². The molecule has 1 saturated heterocycles. The fourth-order valence-corrected chi connectivity index (χ4v) is 2.16. The third-order valence-corrected chi connectivity index (χ3v) is 2.94. The number of amides is 1. The Balaban J connectivity index is 2.00. The molecule has 0 saturated carbocycles. The maximum absolute atomic E-state index is 10.6. The molecule has 0 aromatic carbocycles. The average molecular weight is 286 g/mol. The molecular formula is C10H12BrN3O2. The zero-order chi connectivity index (χ0) is 11.5. The van der Waals surface area contributed by atoms with E-state index in [1.54, 1.807) is 6.20 Å². The molecule has 2 heterocycles. The summed E-state index contributed by atoms with van der Waals surface area (Å²) in [6.45, 7) is 1.54. The highest BCUT2D eigenvalue weighted by Gasteiger charge is 2.25. The van der Waals surface area contributed by atoms with Gasteiger partial charge in [0.1, 0.15) is 10.7 Å². The third kappa shape index (κ3) is 2.63. The van der Waals surface area contributed by atoms with E-state index in [2.05, 4.69) is 25.8 Å². The Morgan fingerprint density at radius 1 is 1.69 bits per heavy atom. The second-order valence-corrected chi connectivity index (χ2v) is 4.44. The summed E-state index contributed by atoms with van der Waals surface area (Å²) >= 11 is 3.32. The lowest BCUT2D eigenvalue weighted by atomic mass is 10.3. The molecule has 0 spiro atoms. The summed E-state index contributed by atoms with van der Waals surface area (Å²) in [6, 6.07) is 3.87. The molecule has 1 aliphatic rings. The van der Waals surface area contributed by atoms with Crippen molar-refractivity contribution < 1.29 is 9.53 Å². The number of nitrogens with zero attached hydrogens (tertiary/aromatic N) is 2. The van der Waals surface area contributed by atoms with Crippen LogP contribution in [-0.2, 0) is 4.74 Å². The van der Waals surface area contributed by atoms with Crippen LogP contribution in [0.1, 0.15) is 6.42 Å². The molecule has 0 radical (unpaired) electrons. The first-order chi connectivity index (χ1) is 7.65. The zero-order valence-corrected chi connectivity index (χ0v) is 10.2. The number of hydrogen-bond donors (Lipinski definition) is 1. The van der Waals surface area contributed by atoms with Gasteiger partial charge in [0.05, 0.1) is 6.54 Å². The van der Waals surface area contributed by atoms with E-state index < -0.39 is 6.09 Å². The minimum absolute atomic E-state index is 0.107. The highest BCUT2D eigenvalue weighted by atomic mass is 79.9.